The van der Waals surface area contributed by atoms with Crippen LogP contribution in [0.4, 0.5) is 0 Å². The largest absolute Gasteiger partial charge is 0.280 e. The van der Waals surface area contributed by atoms with Crippen molar-refractivity contribution in [3.63, 3.8) is 0 Å². The Labute approximate surface area is 281 Å². The van der Waals surface area contributed by atoms with Gasteiger partial charge in [-0.1, -0.05) is 91.0 Å². The molecule has 0 saturated carbocycles. The fourth-order valence-corrected chi connectivity index (χ4v) is 8.34. The first-order valence-electron chi connectivity index (χ1n) is 17.0. The van der Waals surface area contributed by atoms with E-state index in [0.29, 0.717) is 0 Å². The molecule has 6 aromatic carbocycles. The third kappa shape index (κ3) is 3.71. The standard InChI is InChI=1S/C43H30N6/c1-3-13-29(14-4-1)46-36-21-11-12-22-37(36)49-39-26-24-31(32-17-7-8-18-33(32)41(39)45-43(46)49)28-23-25-38-40(27-28)48-35-20-10-9-19-34(35)44-42(48)47(38)30-15-5-2-6-16-30/h1-23,25,27,31H,24,26H2. The molecule has 0 bridgehead atoms. The Hall–Kier alpha value is -6.40. The number of benzene rings is 6. The zero-order valence-electron chi connectivity index (χ0n) is 26.6. The minimum atomic E-state index is 0.206. The fourth-order valence-electron chi connectivity index (χ4n) is 8.34. The van der Waals surface area contributed by atoms with Crippen molar-refractivity contribution in [1.29, 1.82) is 0 Å². The predicted octanol–water partition coefficient (Wildman–Crippen LogP) is 9.77. The van der Waals surface area contributed by atoms with Gasteiger partial charge in [0, 0.05) is 22.9 Å². The van der Waals surface area contributed by atoms with E-state index >= 15 is 0 Å². The van der Waals surface area contributed by atoms with Gasteiger partial charge >= 0.3 is 0 Å². The molecule has 11 rings (SSSR count). The zero-order valence-corrected chi connectivity index (χ0v) is 26.6. The van der Waals surface area contributed by atoms with Crippen LogP contribution in [0.25, 0.3) is 67.3 Å². The van der Waals surface area contributed by atoms with Gasteiger partial charge in [-0.3, -0.25) is 17.9 Å². The average molecular weight is 631 g/mol. The lowest BCUT2D eigenvalue weighted by Gasteiger charge is -2.18. The molecular formula is C43H30N6. The minimum Gasteiger partial charge on any atom is -0.280 e. The van der Waals surface area contributed by atoms with E-state index in [1.165, 1.54) is 33.4 Å². The van der Waals surface area contributed by atoms with Crippen LogP contribution in [0.5, 0.6) is 0 Å². The molecule has 232 valence electrons. The summed E-state index contributed by atoms with van der Waals surface area (Å²) >= 11 is 0. The number of imidazole rings is 4. The smallest absolute Gasteiger partial charge is 0.220 e. The van der Waals surface area contributed by atoms with Crippen molar-refractivity contribution in [2.24, 2.45) is 0 Å². The van der Waals surface area contributed by atoms with Gasteiger partial charge in [0.25, 0.3) is 0 Å². The molecule has 49 heavy (non-hydrogen) atoms. The number of hydrogen-bond donors (Lipinski definition) is 0. The van der Waals surface area contributed by atoms with Crippen LogP contribution in [-0.4, -0.2) is 27.9 Å². The Morgan fingerprint density at radius 3 is 1.88 bits per heavy atom. The number of nitrogens with zero attached hydrogens (tertiary/aromatic N) is 6. The second-order valence-corrected chi connectivity index (χ2v) is 13.0. The molecule has 4 heterocycles. The Morgan fingerprint density at radius 2 is 1.10 bits per heavy atom. The molecule has 1 unspecified atom stereocenters. The van der Waals surface area contributed by atoms with Crippen molar-refractivity contribution >= 4 is 44.7 Å². The first-order chi connectivity index (χ1) is 24.3. The molecule has 0 spiro atoms. The quantitative estimate of drug-likeness (QED) is 0.195. The Bertz CT molecular complexity index is 2890. The lowest BCUT2D eigenvalue weighted by molar-refractivity contribution is 0.714. The molecule has 0 saturated heterocycles. The van der Waals surface area contributed by atoms with Crippen molar-refractivity contribution in [3.05, 3.63) is 168 Å². The molecule has 6 nitrogen and oxygen atoms in total. The van der Waals surface area contributed by atoms with Crippen molar-refractivity contribution in [1.82, 2.24) is 27.9 Å². The van der Waals surface area contributed by atoms with E-state index in [4.69, 9.17) is 9.97 Å². The highest BCUT2D eigenvalue weighted by molar-refractivity contribution is 5.93. The third-order valence-corrected chi connectivity index (χ3v) is 10.4. The van der Waals surface area contributed by atoms with E-state index in [1.54, 1.807) is 0 Å². The summed E-state index contributed by atoms with van der Waals surface area (Å²) in [6.45, 7) is 0. The number of para-hydroxylation sites is 6. The van der Waals surface area contributed by atoms with Gasteiger partial charge in [-0.05, 0) is 84.6 Å². The van der Waals surface area contributed by atoms with Gasteiger partial charge < -0.3 is 0 Å². The maximum atomic E-state index is 5.46. The monoisotopic (exact) mass is 630 g/mol. The second kappa shape index (κ2) is 10.1. The van der Waals surface area contributed by atoms with E-state index in [1.807, 2.05) is 0 Å². The molecule has 0 fully saturated rings. The summed E-state index contributed by atoms with van der Waals surface area (Å²) in [4.78, 5) is 10.6. The van der Waals surface area contributed by atoms with Crippen molar-refractivity contribution in [2.45, 2.75) is 18.8 Å². The highest BCUT2D eigenvalue weighted by Crippen LogP contribution is 2.43. The molecule has 0 radical (unpaired) electrons. The van der Waals surface area contributed by atoms with Crippen LogP contribution < -0.4 is 0 Å². The van der Waals surface area contributed by atoms with Gasteiger partial charge in [-0.25, -0.2) is 9.97 Å². The molecule has 0 amide bonds. The minimum absolute atomic E-state index is 0.206. The van der Waals surface area contributed by atoms with Crippen LogP contribution in [0.15, 0.2) is 152 Å². The molecule has 0 aliphatic heterocycles. The van der Waals surface area contributed by atoms with E-state index in [-0.39, 0.29) is 5.92 Å². The summed E-state index contributed by atoms with van der Waals surface area (Å²) in [5.41, 5.74) is 15.2. The van der Waals surface area contributed by atoms with Crippen molar-refractivity contribution < 1.29 is 0 Å². The molecule has 6 heteroatoms. The van der Waals surface area contributed by atoms with E-state index in [2.05, 4.69) is 170 Å². The second-order valence-electron chi connectivity index (χ2n) is 13.0. The van der Waals surface area contributed by atoms with Gasteiger partial charge in [0.05, 0.1) is 44.5 Å². The topological polar surface area (TPSA) is 44.5 Å². The van der Waals surface area contributed by atoms with Gasteiger partial charge in [-0.15, -0.1) is 0 Å². The third-order valence-electron chi connectivity index (χ3n) is 10.4. The Morgan fingerprint density at radius 1 is 0.490 bits per heavy atom. The molecule has 1 aliphatic rings. The fraction of sp³-hybridized carbons (Fsp3) is 0.0698. The maximum Gasteiger partial charge on any atom is 0.220 e. The van der Waals surface area contributed by atoms with Gasteiger partial charge in [0.15, 0.2) is 0 Å². The summed E-state index contributed by atoms with van der Waals surface area (Å²) in [5, 5.41) is 0. The first-order valence-corrected chi connectivity index (χ1v) is 17.0. The van der Waals surface area contributed by atoms with Crippen LogP contribution in [0.2, 0.25) is 0 Å². The van der Waals surface area contributed by atoms with E-state index in [9.17, 15) is 0 Å². The summed E-state index contributed by atoms with van der Waals surface area (Å²) in [6.07, 6.45) is 1.88. The Kier molecular flexibility index (Phi) is 5.47. The van der Waals surface area contributed by atoms with Crippen molar-refractivity contribution in [3.8, 4) is 22.6 Å². The summed E-state index contributed by atoms with van der Waals surface area (Å²) in [6, 6.07) is 54.2. The first kappa shape index (κ1) is 26.6. The lowest BCUT2D eigenvalue weighted by atomic mass is 9.86. The molecule has 1 atom stereocenters. The van der Waals surface area contributed by atoms with Crippen molar-refractivity contribution in [2.75, 3.05) is 0 Å². The highest BCUT2D eigenvalue weighted by atomic mass is 15.2. The van der Waals surface area contributed by atoms with Crippen LogP contribution in [0.1, 0.15) is 29.2 Å². The lowest BCUT2D eigenvalue weighted by Crippen LogP contribution is -2.03. The van der Waals surface area contributed by atoms with Crippen LogP contribution in [0, 0.1) is 0 Å². The number of hydrogen-bond acceptors (Lipinski definition) is 2. The Balaban J connectivity index is 1.13. The summed E-state index contributed by atoms with van der Waals surface area (Å²) < 4.78 is 9.32. The van der Waals surface area contributed by atoms with Gasteiger partial charge in [0.2, 0.25) is 11.6 Å². The normalized spacial score (nSPS) is 14.6. The van der Waals surface area contributed by atoms with Crippen LogP contribution in [0.3, 0.4) is 0 Å². The summed E-state index contributed by atoms with van der Waals surface area (Å²) in [5.74, 6) is 2.10. The van der Waals surface area contributed by atoms with E-state index < -0.39 is 0 Å². The SMILES string of the molecule is c1ccc(-n2c3ccccc3n3c4c(nc23)-c2ccccc2C(c2ccc3c(c2)n2c5ccccc5nc2n3-c2ccccc2)CC4)cc1. The zero-order chi connectivity index (χ0) is 32.1. The van der Waals surface area contributed by atoms with Gasteiger partial charge in [0.1, 0.15) is 0 Å². The number of aryl methyl sites for hydroxylation is 1. The maximum absolute atomic E-state index is 5.46. The van der Waals surface area contributed by atoms with Gasteiger partial charge in [-0.2, -0.15) is 0 Å². The van der Waals surface area contributed by atoms with E-state index in [0.717, 1.165) is 63.5 Å². The van der Waals surface area contributed by atoms with Crippen LogP contribution in [-0.2, 0) is 6.42 Å². The highest BCUT2D eigenvalue weighted by Gasteiger charge is 2.30. The molecule has 0 N–H and O–H groups in total. The number of aromatic nitrogens is 6. The number of fused-ring (bicyclic) bond motifs is 12. The van der Waals surface area contributed by atoms with Crippen LogP contribution >= 0.6 is 0 Å². The molecule has 4 aromatic heterocycles. The number of rotatable bonds is 3. The summed E-state index contributed by atoms with van der Waals surface area (Å²) in [7, 11) is 0. The molecular weight excluding hydrogens is 601 g/mol. The molecule has 10 aromatic rings. The molecule has 1 aliphatic carbocycles. The average Bonchev–Trinajstić information content (AvgIpc) is 3.87. The predicted molar refractivity (Wildman–Crippen MR) is 197 cm³/mol.